The van der Waals surface area contributed by atoms with E-state index < -0.39 is 0 Å². The molecule has 0 saturated heterocycles. The molecule has 1 fully saturated rings. The fraction of sp³-hybridized carbons (Fsp3) is 0.833. The quantitative estimate of drug-likeness (QED) is 0.881. The summed E-state index contributed by atoms with van der Waals surface area (Å²) in [5, 5.41) is 14.3. The van der Waals surface area contributed by atoms with Crippen molar-refractivity contribution in [2.45, 2.75) is 59.0 Å². The van der Waals surface area contributed by atoms with Gasteiger partial charge in [0.15, 0.2) is 0 Å². The lowest BCUT2D eigenvalue weighted by Crippen LogP contribution is -2.35. The molecule has 90 valence electrons. The minimum Gasteiger partial charge on any atom is -0.306 e. The molecule has 0 radical (unpaired) electrons. The van der Waals surface area contributed by atoms with Crippen molar-refractivity contribution in [1.82, 2.24) is 15.5 Å². The van der Waals surface area contributed by atoms with Gasteiger partial charge in [-0.25, -0.2) is 0 Å². The summed E-state index contributed by atoms with van der Waals surface area (Å²) in [4.78, 5) is 0. The number of rotatable bonds is 3. The molecular weight excluding hydrogens is 218 g/mol. The predicted octanol–water partition coefficient (Wildman–Crippen LogP) is 2.94. The van der Waals surface area contributed by atoms with E-state index in [1.807, 2.05) is 0 Å². The Balaban J connectivity index is 1.94. The highest BCUT2D eigenvalue weighted by Gasteiger charge is 2.48. The normalized spacial score (nSPS) is 23.4. The summed E-state index contributed by atoms with van der Waals surface area (Å²) in [6.45, 7) is 11.9. The Kier molecular flexibility index (Phi) is 2.83. The van der Waals surface area contributed by atoms with Gasteiger partial charge in [0, 0.05) is 11.5 Å². The van der Waals surface area contributed by atoms with Gasteiger partial charge in [0.05, 0.1) is 6.54 Å². The van der Waals surface area contributed by atoms with Gasteiger partial charge in [-0.1, -0.05) is 25.2 Å². The SMILES string of the molecule is CC(C)(C)NCc1nnc(C2CC2(C)C)s1. The van der Waals surface area contributed by atoms with Crippen LogP contribution in [0.25, 0.3) is 0 Å². The lowest BCUT2D eigenvalue weighted by atomic mass is 10.1. The second-order valence-corrected chi connectivity index (χ2v) is 7.48. The second kappa shape index (κ2) is 3.77. The van der Waals surface area contributed by atoms with Crippen molar-refractivity contribution in [2.24, 2.45) is 5.41 Å². The average Bonchev–Trinajstić information content (AvgIpc) is 2.62. The average molecular weight is 239 g/mol. The third-order valence-corrected chi connectivity index (χ3v) is 4.10. The minimum atomic E-state index is 0.144. The van der Waals surface area contributed by atoms with E-state index in [-0.39, 0.29) is 5.54 Å². The smallest absolute Gasteiger partial charge is 0.131 e. The van der Waals surface area contributed by atoms with Gasteiger partial charge in [-0.2, -0.15) is 0 Å². The number of hydrogen-bond donors (Lipinski definition) is 1. The van der Waals surface area contributed by atoms with Gasteiger partial charge in [0.2, 0.25) is 0 Å². The van der Waals surface area contributed by atoms with Crippen LogP contribution < -0.4 is 5.32 Å². The Hall–Kier alpha value is -0.480. The van der Waals surface area contributed by atoms with Crippen LogP contribution in [0.15, 0.2) is 0 Å². The summed E-state index contributed by atoms with van der Waals surface area (Å²) in [5.74, 6) is 0.647. The lowest BCUT2D eigenvalue weighted by Gasteiger charge is -2.19. The molecule has 1 unspecified atom stereocenters. The van der Waals surface area contributed by atoms with Crippen LogP contribution >= 0.6 is 11.3 Å². The van der Waals surface area contributed by atoms with Crippen LogP contribution in [0, 0.1) is 5.41 Å². The maximum absolute atomic E-state index is 4.30. The maximum Gasteiger partial charge on any atom is 0.131 e. The van der Waals surface area contributed by atoms with Gasteiger partial charge < -0.3 is 5.32 Å². The second-order valence-electron chi connectivity index (χ2n) is 6.38. The summed E-state index contributed by atoms with van der Waals surface area (Å²) < 4.78 is 0. The van der Waals surface area contributed by atoms with Crippen LogP contribution in [0.3, 0.4) is 0 Å². The van der Waals surface area contributed by atoms with Crippen LogP contribution in [-0.4, -0.2) is 15.7 Å². The molecule has 4 heteroatoms. The number of hydrogen-bond acceptors (Lipinski definition) is 4. The Bertz CT molecular complexity index is 376. The molecular formula is C12H21N3S. The molecule has 1 aliphatic rings. The fourth-order valence-corrected chi connectivity index (χ4v) is 2.80. The third-order valence-electron chi connectivity index (χ3n) is 3.06. The first-order chi connectivity index (χ1) is 7.28. The van der Waals surface area contributed by atoms with Gasteiger partial charge in [0.1, 0.15) is 10.0 Å². The largest absolute Gasteiger partial charge is 0.306 e. The molecule has 16 heavy (non-hydrogen) atoms. The molecule has 1 heterocycles. The van der Waals surface area contributed by atoms with E-state index >= 15 is 0 Å². The van der Waals surface area contributed by atoms with Gasteiger partial charge in [-0.05, 0) is 32.6 Å². The first-order valence-electron chi connectivity index (χ1n) is 5.85. The Morgan fingerprint density at radius 2 is 2.00 bits per heavy atom. The summed E-state index contributed by atoms with van der Waals surface area (Å²) in [5.41, 5.74) is 0.596. The zero-order valence-electron chi connectivity index (χ0n) is 10.8. The van der Waals surface area contributed by atoms with E-state index in [1.54, 1.807) is 11.3 Å². The summed E-state index contributed by atoms with van der Waals surface area (Å²) >= 11 is 1.76. The van der Waals surface area contributed by atoms with Crippen molar-refractivity contribution >= 4 is 11.3 Å². The zero-order chi connectivity index (χ0) is 12.0. The fourth-order valence-electron chi connectivity index (χ4n) is 1.71. The van der Waals surface area contributed by atoms with Gasteiger partial charge >= 0.3 is 0 Å². The molecule has 1 N–H and O–H groups in total. The summed E-state index contributed by atoms with van der Waals surface area (Å²) in [7, 11) is 0. The number of aromatic nitrogens is 2. The standard InChI is InChI=1S/C12H21N3S/c1-11(2,3)13-7-9-14-15-10(16-9)8-6-12(8,4)5/h8,13H,6-7H2,1-5H3. The molecule has 1 saturated carbocycles. The van der Waals surface area contributed by atoms with Gasteiger partial charge in [0.25, 0.3) is 0 Å². The lowest BCUT2D eigenvalue weighted by molar-refractivity contribution is 0.423. The highest BCUT2D eigenvalue weighted by molar-refractivity contribution is 7.11. The highest BCUT2D eigenvalue weighted by atomic mass is 32.1. The van der Waals surface area contributed by atoms with Gasteiger partial charge in [-0.15, -0.1) is 10.2 Å². The molecule has 0 spiro atoms. The number of nitrogens with one attached hydrogen (secondary N) is 1. The van der Waals surface area contributed by atoms with Crippen LogP contribution in [0.5, 0.6) is 0 Å². The van der Waals surface area contributed by atoms with Crippen molar-refractivity contribution in [3.63, 3.8) is 0 Å². The van der Waals surface area contributed by atoms with Crippen molar-refractivity contribution < 1.29 is 0 Å². The van der Waals surface area contributed by atoms with E-state index in [0.29, 0.717) is 11.3 Å². The molecule has 0 amide bonds. The van der Waals surface area contributed by atoms with Crippen LogP contribution in [0.1, 0.15) is 57.0 Å². The maximum atomic E-state index is 4.30. The molecule has 0 aromatic carbocycles. The Morgan fingerprint density at radius 1 is 1.38 bits per heavy atom. The van der Waals surface area contributed by atoms with Crippen molar-refractivity contribution in [3.8, 4) is 0 Å². The Labute approximate surface area is 102 Å². The van der Waals surface area contributed by atoms with E-state index in [2.05, 4.69) is 50.1 Å². The van der Waals surface area contributed by atoms with E-state index in [9.17, 15) is 0 Å². The first-order valence-corrected chi connectivity index (χ1v) is 6.67. The van der Waals surface area contributed by atoms with E-state index in [0.717, 1.165) is 11.6 Å². The topological polar surface area (TPSA) is 37.8 Å². The molecule has 0 aliphatic heterocycles. The highest BCUT2D eigenvalue weighted by Crippen LogP contribution is 2.58. The molecule has 1 aromatic heterocycles. The van der Waals surface area contributed by atoms with E-state index in [4.69, 9.17) is 0 Å². The molecule has 1 atom stereocenters. The third kappa shape index (κ3) is 2.80. The van der Waals surface area contributed by atoms with Crippen molar-refractivity contribution in [3.05, 3.63) is 10.0 Å². The molecule has 1 aromatic rings. The predicted molar refractivity (Wildman–Crippen MR) is 67.6 cm³/mol. The van der Waals surface area contributed by atoms with E-state index in [1.165, 1.54) is 11.4 Å². The molecule has 1 aliphatic carbocycles. The zero-order valence-corrected chi connectivity index (χ0v) is 11.6. The monoisotopic (exact) mass is 239 g/mol. The van der Waals surface area contributed by atoms with Crippen molar-refractivity contribution in [1.29, 1.82) is 0 Å². The van der Waals surface area contributed by atoms with Gasteiger partial charge in [-0.3, -0.25) is 0 Å². The molecule has 3 nitrogen and oxygen atoms in total. The Morgan fingerprint density at radius 3 is 2.50 bits per heavy atom. The first kappa shape index (κ1) is 12.0. The van der Waals surface area contributed by atoms with Crippen LogP contribution in [-0.2, 0) is 6.54 Å². The number of nitrogens with zero attached hydrogens (tertiary/aromatic N) is 2. The summed E-state index contributed by atoms with van der Waals surface area (Å²) in [6, 6.07) is 0. The molecule has 2 rings (SSSR count). The minimum absolute atomic E-state index is 0.144. The van der Waals surface area contributed by atoms with Crippen LogP contribution in [0.4, 0.5) is 0 Å². The molecule has 0 bridgehead atoms. The van der Waals surface area contributed by atoms with Crippen molar-refractivity contribution in [2.75, 3.05) is 0 Å². The summed E-state index contributed by atoms with van der Waals surface area (Å²) in [6.07, 6.45) is 1.26. The van der Waals surface area contributed by atoms with Crippen LogP contribution in [0.2, 0.25) is 0 Å².